The molecule has 0 unspecified atom stereocenters. The maximum Gasteiger partial charge on any atom is 0.229 e. The van der Waals surface area contributed by atoms with Gasteiger partial charge in [-0.05, 0) is 65.2 Å². The molecule has 35 heavy (non-hydrogen) atoms. The molecule has 0 spiro atoms. The number of hydrogen-bond donors (Lipinski definition) is 3. The molecule has 3 heterocycles. The van der Waals surface area contributed by atoms with Crippen molar-refractivity contribution in [3.05, 3.63) is 60.6 Å². The molecule has 3 N–H and O–H groups in total. The fourth-order valence-corrected chi connectivity index (χ4v) is 4.95. The number of aryl methyl sites for hydroxylation is 1. The molecule has 1 aliphatic heterocycles. The number of nitrogens with one attached hydrogen (secondary N) is 3. The largest absolute Gasteiger partial charge is 0.493 e. The number of hydrogen-bond acceptors (Lipinski definition) is 6. The fraction of sp³-hybridized carbons (Fsp3) is 0.462. The standard InChI is InChI=1S/C26H34F2N6O/c1-25(2)15-20(16-26(3,4)33-25)30-23-22(28)17-29-24(32-23)31-19-12-18(27)13-21(14-19)35-11-7-10-34-8-5-6-9-34/h5-6,8-9,12-14,17,20,33H,7,10-11,15-16H2,1-4H3,(H2,29,30,31,32). The van der Waals surface area contributed by atoms with Crippen LogP contribution in [0.5, 0.6) is 5.75 Å². The van der Waals surface area contributed by atoms with Gasteiger partial charge in [-0.3, -0.25) is 0 Å². The minimum Gasteiger partial charge on any atom is -0.493 e. The van der Waals surface area contributed by atoms with Crippen LogP contribution in [0.1, 0.15) is 47.0 Å². The highest BCUT2D eigenvalue weighted by Crippen LogP contribution is 2.31. The Balaban J connectivity index is 1.40. The van der Waals surface area contributed by atoms with Gasteiger partial charge in [-0.25, -0.2) is 13.8 Å². The van der Waals surface area contributed by atoms with Gasteiger partial charge in [0, 0.05) is 53.9 Å². The third-order valence-electron chi connectivity index (χ3n) is 5.90. The Morgan fingerprint density at radius 3 is 2.51 bits per heavy atom. The third kappa shape index (κ3) is 7.14. The van der Waals surface area contributed by atoms with E-state index in [0.717, 1.165) is 32.0 Å². The van der Waals surface area contributed by atoms with E-state index in [-0.39, 0.29) is 28.9 Å². The average molecular weight is 485 g/mol. The molecule has 0 bridgehead atoms. The topological polar surface area (TPSA) is 76.0 Å². The number of ether oxygens (including phenoxy) is 1. The maximum absolute atomic E-state index is 14.5. The van der Waals surface area contributed by atoms with Gasteiger partial charge >= 0.3 is 0 Å². The van der Waals surface area contributed by atoms with Crippen LogP contribution in [0.3, 0.4) is 0 Å². The number of piperidine rings is 1. The van der Waals surface area contributed by atoms with E-state index in [9.17, 15) is 8.78 Å². The molecule has 1 aliphatic rings. The van der Waals surface area contributed by atoms with Crippen LogP contribution in [-0.2, 0) is 6.54 Å². The molecule has 1 aromatic carbocycles. The van der Waals surface area contributed by atoms with E-state index < -0.39 is 11.6 Å². The zero-order valence-corrected chi connectivity index (χ0v) is 20.7. The quantitative estimate of drug-likeness (QED) is 0.349. The Hall–Kier alpha value is -3.20. The number of aromatic nitrogens is 3. The van der Waals surface area contributed by atoms with Gasteiger partial charge in [0.15, 0.2) is 11.6 Å². The highest BCUT2D eigenvalue weighted by atomic mass is 19.1. The Morgan fingerprint density at radius 1 is 1.09 bits per heavy atom. The van der Waals surface area contributed by atoms with Gasteiger partial charge in [-0.15, -0.1) is 0 Å². The summed E-state index contributed by atoms with van der Waals surface area (Å²) in [6, 6.07) is 8.31. The van der Waals surface area contributed by atoms with Crippen LogP contribution in [0.2, 0.25) is 0 Å². The van der Waals surface area contributed by atoms with E-state index in [2.05, 4.69) is 58.2 Å². The Labute approximate surface area is 205 Å². The molecule has 188 valence electrons. The molecular formula is C26H34F2N6O. The number of rotatable bonds is 9. The molecule has 1 fully saturated rings. The van der Waals surface area contributed by atoms with E-state index in [4.69, 9.17) is 4.74 Å². The van der Waals surface area contributed by atoms with E-state index >= 15 is 0 Å². The number of halogens is 2. The Morgan fingerprint density at radius 2 is 1.80 bits per heavy atom. The van der Waals surface area contributed by atoms with Crippen LogP contribution in [-0.4, -0.2) is 38.3 Å². The van der Waals surface area contributed by atoms with Gasteiger partial charge in [0.1, 0.15) is 11.6 Å². The summed E-state index contributed by atoms with van der Waals surface area (Å²) in [6.07, 6.45) is 7.52. The van der Waals surface area contributed by atoms with E-state index in [1.165, 1.54) is 12.1 Å². The summed E-state index contributed by atoms with van der Waals surface area (Å²) in [5, 5.41) is 9.83. The van der Waals surface area contributed by atoms with Crippen LogP contribution in [0.25, 0.3) is 0 Å². The smallest absolute Gasteiger partial charge is 0.229 e. The summed E-state index contributed by atoms with van der Waals surface area (Å²) in [4.78, 5) is 8.36. The lowest BCUT2D eigenvalue weighted by molar-refractivity contribution is 0.170. The second-order valence-corrected chi connectivity index (χ2v) is 10.5. The monoisotopic (exact) mass is 484 g/mol. The molecule has 4 rings (SSSR count). The second kappa shape index (κ2) is 10.2. The second-order valence-electron chi connectivity index (χ2n) is 10.5. The lowest BCUT2D eigenvalue weighted by Gasteiger charge is -2.46. The molecule has 0 amide bonds. The molecule has 3 aromatic rings. The highest BCUT2D eigenvalue weighted by molar-refractivity contribution is 5.57. The fourth-order valence-electron chi connectivity index (χ4n) is 4.95. The summed E-state index contributed by atoms with van der Waals surface area (Å²) in [5.74, 6) is -0.283. The van der Waals surface area contributed by atoms with Crippen molar-refractivity contribution in [2.75, 3.05) is 17.2 Å². The van der Waals surface area contributed by atoms with Crippen LogP contribution in [0.4, 0.5) is 26.2 Å². The lowest BCUT2D eigenvalue weighted by Crippen LogP contribution is -2.60. The summed E-state index contributed by atoms with van der Waals surface area (Å²) < 4.78 is 36.6. The van der Waals surface area contributed by atoms with Gasteiger partial charge in [-0.1, -0.05) is 0 Å². The van der Waals surface area contributed by atoms with Crippen molar-refractivity contribution in [1.82, 2.24) is 19.9 Å². The van der Waals surface area contributed by atoms with Crippen LogP contribution in [0.15, 0.2) is 48.9 Å². The summed E-state index contributed by atoms with van der Waals surface area (Å²) in [5.41, 5.74) is 0.236. The molecule has 1 saturated heterocycles. The van der Waals surface area contributed by atoms with Gasteiger partial charge in [-0.2, -0.15) is 4.98 Å². The third-order valence-corrected chi connectivity index (χ3v) is 5.90. The van der Waals surface area contributed by atoms with Crippen molar-refractivity contribution in [2.45, 2.75) is 70.6 Å². The molecule has 0 saturated carbocycles. The zero-order chi connectivity index (χ0) is 25.1. The molecule has 9 heteroatoms. The number of nitrogens with zero attached hydrogens (tertiary/aromatic N) is 3. The van der Waals surface area contributed by atoms with Gasteiger partial charge in [0.2, 0.25) is 5.95 Å². The van der Waals surface area contributed by atoms with Crippen LogP contribution < -0.4 is 20.7 Å². The van der Waals surface area contributed by atoms with Gasteiger partial charge in [0.25, 0.3) is 0 Å². The summed E-state index contributed by atoms with van der Waals surface area (Å²) in [6.45, 7) is 9.81. The minimum atomic E-state index is -0.532. The number of benzene rings is 1. The first-order chi connectivity index (χ1) is 16.6. The van der Waals surface area contributed by atoms with Gasteiger partial charge < -0.3 is 25.3 Å². The normalized spacial score (nSPS) is 17.2. The first kappa shape index (κ1) is 24.9. The first-order valence-electron chi connectivity index (χ1n) is 12.0. The Kier molecular flexibility index (Phi) is 7.25. The summed E-state index contributed by atoms with van der Waals surface area (Å²) in [7, 11) is 0. The van der Waals surface area contributed by atoms with E-state index in [1.807, 2.05) is 24.5 Å². The molecular weight excluding hydrogens is 450 g/mol. The molecule has 7 nitrogen and oxygen atoms in total. The van der Waals surface area contributed by atoms with Crippen molar-refractivity contribution in [1.29, 1.82) is 0 Å². The van der Waals surface area contributed by atoms with Crippen LogP contribution in [0, 0.1) is 11.6 Å². The predicted molar refractivity (Wildman–Crippen MR) is 134 cm³/mol. The van der Waals surface area contributed by atoms with Crippen molar-refractivity contribution in [3.8, 4) is 5.75 Å². The van der Waals surface area contributed by atoms with Crippen LogP contribution >= 0.6 is 0 Å². The van der Waals surface area contributed by atoms with Crippen molar-refractivity contribution < 1.29 is 13.5 Å². The summed E-state index contributed by atoms with van der Waals surface area (Å²) >= 11 is 0. The van der Waals surface area contributed by atoms with Crippen molar-refractivity contribution in [2.24, 2.45) is 0 Å². The number of anilines is 3. The van der Waals surface area contributed by atoms with E-state index in [1.54, 1.807) is 6.07 Å². The molecule has 0 aliphatic carbocycles. The Bertz CT molecular complexity index is 1120. The van der Waals surface area contributed by atoms with Crippen molar-refractivity contribution >= 4 is 17.5 Å². The van der Waals surface area contributed by atoms with Gasteiger partial charge in [0.05, 0.1) is 12.8 Å². The lowest BCUT2D eigenvalue weighted by atomic mass is 9.79. The highest BCUT2D eigenvalue weighted by Gasteiger charge is 2.38. The van der Waals surface area contributed by atoms with Crippen molar-refractivity contribution in [3.63, 3.8) is 0 Å². The molecule has 0 radical (unpaired) electrons. The first-order valence-corrected chi connectivity index (χ1v) is 12.0. The van der Waals surface area contributed by atoms with E-state index in [0.29, 0.717) is 18.0 Å². The average Bonchev–Trinajstić information content (AvgIpc) is 3.25. The zero-order valence-electron chi connectivity index (χ0n) is 20.7. The minimum absolute atomic E-state index is 0.0409. The predicted octanol–water partition coefficient (Wildman–Crippen LogP) is 5.49. The molecule has 0 atom stereocenters. The SMILES string of the molecule is CC1(C)CC(Nc2nc(Nc3cc(F)cc(OCCCn4cccc4)c3)ncc2F)CC(C)(C)N1. The maximum atomic E-state index is 14.5. The molecule has 2 aromatic heterocycles.